The Morgan fingerprint density at radius 3 is 2.74 bits per heavy atom. The molecule has 2 aromatic rings. The number of nitrogens with zero attached hydrogens (tertiary/aromatic N) is 4. The molecule has 1 atom stereocenters. The molecule has 1 unspecified atom stereocenters. The quantitative estimate of drug-likeness (QED) is 0.880. The molecule has 1 N–H and O–H groups in total. The summed E-state index contributed by atoms with van der Waals surface area (Å²) in [5.74, 6) is -0.662. The van der Waals surface area contributed by atoms with Crippen molar-refractivity contribution in [3.8, 4) is 0 Å². The Morgan fingerprint density at radius 2 is 1.96 bits per heavy atom. The number of amides is 1. The van der Waals surface area contributed by atoms with Crippen LogP contribution in [0, 0.1) is 0 Å². The fraction of sp³-hybridized carbons (Fsp3) is 0.450. The second-order valence-corrected chi connectivity index (χ2v) is 7.41. The fourth-order valence-electron chi connectivity index (χ4n) is 4.01. The normalized spacial score (nSPS) is 19.4. The average Bonchev–Trinajstić information content (AvgIpc) is 3.07. The molecule has 3 heterocycles. The molecule has 1 aromatic carbocycles. The van der Waals surface area contributed by atoms with E-state index in [9.17, 15) is 9.59 Å². The van der Waals surface area contributed by atoms with Crippen molar-refractivity contribution < 1.29 is 14.7 Å². The van der Waals surface area contributed by atoms with Gasteiger partial charge in [0.1, 0.15) is 0 Å². The molecule has 27 heavy (non-hydrogen) atoms. The van der Waals surface area contributed by atoms with Gasteiger partial charge >= 0.3 is 5.97 Å². The lowest BCUT2D eigenvalue weighted by Crippen LogP contribution is -2.51. The van der Waals surface area contributed by atoms with Crippen LogP contribution in [0.5, 0.6) is 0 Å². The van der Waals surface area contributed by atoms with Gasteiger partial charge < -0.3 is 10.0 Å². The lowest BCUT2D eigenvalue weighted by atomic mass is 9.93. The highest BCUT2D eigenvalue weighted by Crippen LogP contribution is 2.24. The first-order chi connectivity index (χ1) is 13.0. The Bertz CT molecular complexity index is 876. The molecule has 142 valence electrons. The maximum atomic E-state index is 13.2. The summed E-state index contributed by atoms with van der Waals surface area (Å²) < 4.78 is 1.90. The maximum Gasteiger partial charge on any atom is 0.303 e. The number of fused-ring (bicyclic) bond motifs is 2. The zero-order valence-corrected chi connectivity index (χ0v) is 15.5. The minimum Gasteiger partial charge on any atom is -0.481 e. The largest absolute Gasteiger partial charge is 0.481 e. The van der Waals surface area contributed by atoms with E-state index < -0.39 is 5.97 Å². The van der Waals surface area contributed by atoms with Gasteiger partial charge in [0.05, 0.1) is 36.9 Å². The van der Waals surface area contributed by atoms with Gasteiger partial charge in [0.15, 0.2) is 0 Å². The number of rotatable bonds is 4. The molecule has 0 aliphatic carbocycles. The first-order valence-electron chi connectivity index (χ1n) is 9.34. The Morgan fingerprint density at radius 1 is 1.19 bits per heavy atom. The predicted octanol–water partition coefficient (Wildman–Crippen LogP) is 1.30. The summed E-state index contributed by atoms with van der Waals surface area (Å²) in [5, 5.41) is 13.3. The molecule has 1 amide bonds. The highest BCUT2D eigenvalue weighted by atomic mass is 16.4. The SMILES string of the molecule is CN1Cc2ccccc2CC1C(=O)N1CCn2nc(CCC(=O)O)cc2C1. The maximum absolute atomic E-state index is 13.2. The molecule has 0 bridgehead atoms. The van der Waals surface area contributed by atoms with Crippen molar-refractivity contribution in [1.29, 1.82) is 0 Å². The van der Waals surface area contributed by atoms with Crippen LogP contribution in [0.2, 0.25) is 0 Å². The van der Waals surface area contributed by atoms with Crippen LogP contribution in [0.25, 0.3) is 0 Å². The van der Waals surface area contributed by atoms with E-state index >= 15 is 0 Å². The number of aliphatic carboxylic acids is 1. The van der Waals surface area contributed by atoms with Crippen molar-refractivity contribution >= 4 is 11.9 Å². The second-order valence-electron chi connectivity index (χ2n) is 7.41. The summed E-state index contributed by atoms with van der Waals surface area (Å²) in [7, 11) is 2.01. The Kier molecular flexibility index (Phi) is 4.70. The predicted molar refractivity (Wildman–Crippen MR) is 99.0 cm³/mol. The molecule has 7 nitrogen and oxygen atoms in total. The molecule has 2 aliphatic rings. The van der Waals surface area contributed by atoms with Crippen LogP contribution in [0.15, 0.2) is 30.3 Å². The summed E-state index contributed by atoms with van der Waals surface area (Å²) in [4.78, 5) is 28.0. The van der Waals surface area contributed by atoms with E-state index in [-0.39, 0.29) is 18.4 Å². The van der Waals surface area contributed by atoms with Crippen molar-refractivity contribution in [2.75, 3.05) is 13.6 Å². The fourth-order valence-corrected chi connectivity index (χ4v) is 4.01. The first kappa shape index (κ1) is 17.7. The highest BCUT2D eigenvalue weighted by molar-refractivity contribution is 5.82. The molecule has 1 aromatic heterocycles. The molecule has 0 spiro atoms. The molecule has 0 saturated carbocycles. The molecule has 0 radical (unpaired) electrons. The third-order valence-electron chi connectivity index (χ3n) is 5.52. The number of carbonyl (C=O) groups excluding carboxylic acids is 1. The number of carboxylic acids is 1. The summed E-state index contributed by atoms with van der Waals surface area (Å²) in [6.07, 6.45) is 1.24. The van der Waals surface area contributed by atoms with E-state index in [2.05, 4.69) is 22.1 Å². The van der Waals surface area contributed by atoms with E-state index in [4.69, 9.17) is 5.11 Å². The monoisotopic (exact) mass is 368 g/mol. The third-order valence-corrected chi connectivity index (χ3v) is 5.52. The Labute approximate surface area is 158 Å². The van der Waals surface area contributed by atoms with Crippen LogP contribution >= 0.6 is 0 Å². The van der Waals surface area contributed by atoms with Crippen molar-refractivity contribution in [3.63, 3.8) is 0 Å². The Hall–Kier alpha value is -2.67. The van der Waals surface area contributed by atoms with E-state index in [1.165, 1.54) is 11.1 Å². The molecule has 7 heteroatoms. The smallest absolute Gasteiger partial charge is 0.303 e. The van der Waals surface area contributed by atoms with Gasteiger partial charge in [0.25, 0.3) is 0 Å². The van der Waals surface area contributed by atoms with Gasteiger partial charge in [-0.25, -0.2) is 0 Å². The topological polar surface area (TPSA) is 78.7 Å². The lowest BCUT2D eigenvalue weighted by molar-refractivity contribution is -0.139. The van der Waals surface area contributed by atoms with Crippen LogP contribution in [0.3, 0.4) is 0 Å². The standard InChI is InChI=1S/C20H24N4O3/c1-22-12-15-5-3-2-4-14(15)10-18(22)20(27)23-8-9-24-17(13-23)11-16(21-24)6-7-19(25)26/h2-5,11,18H,6-10,12-13H2,1H3,(H,25,26). The average molecular weight is 368 g/mol. The van der Waals surface area contributed by atoms with Gasteiger partial charge in [-0.05, 0) is 30.7 Å². The van der Waals surface area contributed by atoms with Crippen LogP contribution in [-0.4, -0.2) is 56.2 Å². The number of carbonyl (C=O) groups is 2. The zero-order valence-electron chi connectivity index (χ0n) is 15.5. The van der Waals surface area contributed by atoms with E-state index in [1.54, 1.807) is 0 Å². The lowest BCUT2D eigenvalue weighted by Gasteiger charge is -2.37. The first-order valence-corrected chi connectivity index (χ1v) is 9.34. The van der Waals surface area contributed by atoms with Crippen LogP contribution in [-0.2, 0) is 42.1 Å². The third kappa shape index (κ3) is 3.60. The molecular formula is C20H24N4O3. The van der Waals surface area contributed by atoms with Gasteiger partial charge in [0.2, 0.25) is 5.91 Å². The van der Waals surface area contributed by atoms with Gasteiger partial charge in [-0.15, -0.1) is 0 Å². The number of aromatic nitrogens is 2. The summed E-state index contributed by atoms with van der Waals surface area (Å²) in [6.45, 7) is 2.61. The number of benzene rings is 1. The van der Waals surface area contributed by atoms with Crippen molar-refractivity contribution in [2.45, 2.75) is 44.9 Å². The molecule has 2 aliphatic heterocycles. The number of carboxylic acid groups (broad SMARTS) is 1. The van der Waals surface area contributed by atoms with E-state index in [0.717, 1.165) is 24.4 Å². The number of hydrogen-bond donors (Lipinski definition) is 1. The van der Waals surface area contributed by atoms with Crippen molar-refractivity contribution in [2.24, 2.45) is 0 Å². The number of likely N-dealkylation sites (N-methyl/N-ethyl adjacent to an activating group) is 1. The van der Waals surface area contributed by atoms with Crippen LogP contribution in [0.1, 0.15) is 28.9 Å². The number of aryl methyl sites for hydroxylation is 1. The molecular weight excluding hydrogens is 344 g/mol. The van der Waals surface area contributed by atoms with Gasteiger partial charge in [0, 0.05) is 19.5 Å². The minimum absolute atomic E-state index is 0.0748. The zero-order chi connectivity index (χ0) is 19.0. The molecule has 0 fully saturated rings. The highest BCUT2D eigenvalue weighted by Gasteiger charge is 2.33. The summed E-state index contributed by atoms with van der Waals surface area (Å²) in [5.41, 5.74) is 4.31. The summed E-state index contributed by atoms with van der Waals surface area (Å²) in [6, 6.07) is 10.1. The van der Waals surface area contributed by atoms with E-state index in [1.807, 2.05) is 34.8 Å². The van der Waals surface area contributed by atoms with E-state index in [0.29, 0.717) is 26.1 Å². The van der Waals surface area contributed by atoms with Gasteiger partial charge in [-0.3, -0.25) is 19.2 Å². The number of hydrogen-bond acceptors (Lipinski definition) is 4. The molecule has 0 saturated heterocycles. The summed E-state index contributed by atoms with van der Waals surface area (Å²) >= 11 is 0. The second kappa shape index (κ2) is 7.15. The van der Waals surface area contributed by atoms with Crippen LogP contribution in [0.4, 0.5) is 0 Å². The van der Waals surface area contributed by atoms with Gasteiger partial charge in [-0.2, -0.15) is 5.10 Å². The van der Waals surface area contributed by atoms with Crippen LogP contribution < -0.4 is 0 Å². The van der Waals surface area contributed by atoms with Crippen molar-refractivity contribution in [3.05, 3.63) is 52.8 Å². The van der Waals surface area contributed by atoms with Crippen molar-refractivity contribution in [1.82, 2.24) is 19.6 Å². The Balaban J connectivity index is 1.46. The molecule has 4 rings (SSSR count). The van der Waals surface area contributed by atoms with Gasteiger partial charge in [-0.1, -0.05) is 24.3 Å². The minimum atomic E-state index is -0.821.